The molecule has 3 nitrogen and oxygen atoms in total. The van der Waals surface area contributed by atoms with E-state index in [1.165, 1.54) is 0 Å². The molecule has 0 aliphatic rings. The lowest BCUT2D eigenvalue weighted by molar-refractivity contribution is 0.0943. The largest absolute Gasteiger partial charge is 0.496 e. The van der Waals surface area contributed by atoms with Crippen molar-refractivity contribution in [2.24, 2.45) is 0 Å². The number of hydrogen-bond donors (Lipinski definition) is 1. The molecule has 1 aromatic rings. The van der Waals surface area contributed by atoms with Crippen molar-refractivity contribution in [1.29, 1.82) is 0 Å². The average molecular weight is 221 g/mol. The third-order valence-corrected chi connectivity index (χ3v) is 2.34. The van der Waals surface area contributed by atoms with Crippen molar-refractivity contribution in [3.8, 4) is 5.75 Å². The number of ether oxygens (including phenoxy) is 1. The summed E-state index contributed by atoms with van der Waals surface area (Å²) in [4.78, 5) is 11.8. The van der Waals surface area contributed by atoms with Crippen LogP contribution < -0.4 is 10.1 Å². The molecule has 1 N–H and O–H groups in total. The number of nitrogens with one attached hydrogen (secondary N) is 1. The van der Waals surface area contributed by atoms with Gasteiger partial charge in [0.25, 0.3) is 5.91 Å². The molecule has 0 fully saturated rings. The van der Waals surface area contributed by atoms with E-state index in [1.54, 1.807) is 13.2 Å². The van der Waals surface area contributed by atoms with Crippen LogP contribution in [0.4, 0.5) is 0 Å². The molecule has 1 amide bonds. The molecule has 0 unspecified atom stereocenters. The lowest BCUT2D eigenvalue weighted by Gasteiger charge is -2.11. The van der Waals surface area contributed by atoms with Crippen LogP contribution in [0.25, 0.3) is 0 Å². The van der Waals surface area contributed by atoms with Crippen molar-refractivity contribution in [1.82, 2.24) is 5.32 Å². The van der Waals surface area contributed by atoms with Gasteiger partial charge in [-0.2, -0.15) is 0 Å². The molecule has 1 aromatic carbocycles. The Hall–Kier alpha value is -1.51. The van der Waals surface area contributed by atoms with E-state index in [0.29, 0.717) is 5.56 Å². The number of benzene rings is 1. The summed E-state index contributed by atoms with van der Waals surface area (Å²) >= 11 is 0. The van der Waals surface area contributed by atoms with E-state index < -0.39 is 0 Å². The molecular formula is C13H19NO2. The van der Waals surface area contributed by atoms with Crippen molar-refractivity contribution in [3.63, 3.8) is 0 Å². The summed E-state index contributed by atoms with van der Waals surface area (Å²) in [6, 6.07) is 5.67. The molecule has 0 aliphatic heterocycles. The Morgan fingerprint density at radius 3 is 2.62 bits per heavy atom. The average Bonchev–Trinajstić information content (AvgIpc) is 2.27. The van der Waals surface area contributed by atoms with Crippen LogP contribution >= 0.6 is 0 Å². The molecule has 0 aliphatic carbocycles. The molecule has 0 spiro atoms. The normalized spacial score (nSPS) is 10.3. The molecule has 88 valence electrons. The van der Waals surface area contributed by atoms with Crippen LogP contribution in [0.15, 0.2) is 18.2 Å². The summed E-state index contributed by atoms with van der Waals surface area (Å²) in [6.07, 6.45) is 0.853. The van der Waals surface area contributed by atoms with Gasteiger partial charge in [-0.1, -0.05) is 6.92 Å². The van der Waals surface area contributed by atoms with Gasteiger partial charge in [0, 0.05) is 11.6 Å². The Kier molecular flexibility index (Phi) is 4.35. The summed E-state index contributed by atoms with van der Waals surface area (Å²) in [5, 5.41) is 2.87. The lowest BCUT2D eigenvalue weighted by atomic mass is 10.1. The van der Waals surface area contributed by atoms with Crippen molar-refractivity contribution in [2.45, 2.75) is 33.2 Å². The maximum Gasteiger partial charge on any atom is 0.251 e. The molecule has 3 heteroatoms. The Bertz CT molecular complexity index is 372. The third kappa shape index (κ3) is 2.99. The predicted molar refractivity (Wildman–Crippen MR) is 65.0 cm³/mol. The molecule has 0 radical (unpaired) electrons. The zero-order valence-electron chi connectivity index (χ0n) is 10.3. The summed E-state index contributed by atoms with van der Waals surface area (Å²) in [6.45, 7) is 5.94. The number of amides is 1. The van der Waals surface area contributed by atoms with Gasteiger partial charge in [-0.3, -0.25) is 4.79 Å². The van der Waals surface area contributed by atoms with Crippen molar-refractivity contribution < 1.29 is 9.53 Å². The Morgan fingerprint density at radius 2 is 2.12 bits per heavy atom. The first kappa shape index (κ1) is 12.6. The van der Waals surface area contributed by atoms with Crippen LogP contribution in [0.3, 0.4) is 0 Å². The van der Waals surface area contributed by atoms with Crippen LogP contribution in [0.1, 0.15) is 36.7 Å². The highest BCUT2D eigenvalue weighted by Crippen LogP contribution is 2.20. The van der Waals surface area contributed by atoms with Crippen LogP contribution in [0, 0.1) is 0 Å². The second-order valence-electron chi connectivity index (χ2n) is 4.01. The number of carbonyl (C=O) groups is 1. The SMILES string of the molecule is CCc1cc(C(=O)NC(C)C)ccc1OC. The summed E-state index contributed by atoms with van der Waals surface area (Å²) < 4.78 is 5.22. The van der Waals surface area contributed by atoms with E-state index in [9.17, 15) is 4.79 Å². The summed E-state index contributed by atoms with van der Waals surface area (Å²) in [5.41, 5.74) is 1.74. The third-order valence-electron chi connectivity index (χ3n) is 2.34. The van der Waals surface area contributed by atoms with E-state index in [4.69, 9.17) is 4.74 Å². The maximum atomic E-state index is 11.8. The van der Waals surface area contributed by atoms with Gasteiger partial charge in [0.1, 0.15) is 5.75 Å². The molecule has 0 saturated carbocycles. The molecule has 0 heterocycles. The summed E-state index contributed by atoms with van der Waals surface area (Å²) in [7, 11) is 1.64. The Morgan fingerprint density at radius 1 is 1.44 bits per heavy atom. The number of rotatable bonds is 4. The molecule has 16 heavy (non-hydrogen) atoms. The van der Waals surface area contributed by atoms with E-state index in [1.807, 2.05) is 32.9 Å². The Balaban J connectivity index is 2.94. The maximum absolute atomic E-state index is 11.8. The second-order valence-corrected chi connectivity index (χ2v) is 4.01. The van der Waals surface area contributed by atoms with Gasteiger partial charge >= 0.3 is 0 Å². The first-order valence-corrected chi connectivity index (χ1v) is 5.56. The summed E-state index contributed by atoms with van der Waals surface area (Å²) in [5.74, 6) is 0.802. The molecular weight excluding hydrogens is 202 g/mol. The minimum atomic E-state index is -0.0349. The van der Waals surface area contributed by atoms with Gasteiger partial charge in [0.05, 0.1) is 7.11 Å². The van der Waals surface area contributed by atoms with Gasteiger partial charge in [-0.15, -0.1) is 0 Å². The fourth-order valence-corrected chi connectivity index (χ4v) is 1.54. The molecule has 0 aromatic heterocycles. The van der Waals surface area contributed by atoms with Crippen molar-refractivity contribution >= 4 is 5.91 Å². The van der Waals surface area contributed by atoms with Crippen LogP contribution in [0.5, 0.6) is 5.75 Å². The number of methoxy groups -OCH3 is 1. The molecule has 0 atom stereocenters. The van der Waals surface area contributed by atoms with E-state index in [0.717, 1.165) is 17.7 Å². The number of hydrogen-bond acceptors (Lipinski definition) is 2. The highest BCUT2D eigenvalue weighted by Gasteiger charge is 2.09. The van der Waals surface area contributed by atoms with E-state index in [-0.39, 0.29) is 11.9 Å². The standard InChI is InChI=1S/C13H19NO2/c1-5-10-8-11(6-7-12(10)16-4)13(15)14-9(2)3/h6-9H,5H2,1-4H3,(H,14,15). The number of aryl methyl sites for hydroxylation is 1. The van der Waals surface area contributed by atoms with E-state index in [2.05, 4.69) is 5.32 Å². The second kappa shape index (κ2) is 5.54. The quantitative estimate of drug-likeness (QED) is 0.847. The zero-order valence-corrected chi connectivity index (χ0v) is 10.3. The van der Waals surface area contributed by atoms with Gasteiger partial charge in [0.2, 0.25) is 0 Å². The Labute approximate surface area is 96.8 Å². The topological polar surface area (TPSA) is 38.3 Å². The van der Waals surface area contributed by atoms with E-state index >= 15 is 0 Å². The molecule has 1 rings (SSSR count). The van der Waals surface area contributed by atoms with Crippen LogP contribution in [0.2, 0.25) is 0 Å². The number of carbonyl (C=O) groups excluding carboxylic acids is 1. The highest BCUT2D eigenvalue weighted by molar-refractivity contribution is 5.94. The van der Waals surface area contributed by atoms with Gasteiger partial charge < -0.3 is 10.1 Å². The lowest BCUT2D eigenvalue weighted by Crippen LogP contribution is -2.30. The minimum Gasteiger partial charge on any atom is -0.496 e. The van der Waals surface area contributed by atoms with Gasteiger partial charge in [0.15, 0.2) is 0 Å². The molecule has 0 bridgehead atoms. The fraction of sp³-hybridized carbons (Fsp3) is 0.462. The fourth-order valence-electron chi connectivity index (χ4n) is 1.54. The van der Waals surface area contributed by atoms with Gasteiger partial charge in [-0.25, -0.2) is 0 Å². The first-order chi connectivity index (χ1) is 7.58. The van der Waals surface area contributed by atoms with Gasteiger partial charge in [-0.05, 0) is 44.0 Å². The zero-order chi connectivity index (χ0) is 12.1. The smallest absolute Gasteiger partial charge is 0.251 e. The van der Waals surface area contributed by atoms with Crippen LogP contribution in [-0.2, 0) is 6.42 Å². The van der Waals surface area contributed by atoms with Crippen molar-refractivity contribution in [2.75, 3.05) is 7.11 Å². The monoisotopic (exact) mass is 221 g/mol. The highest BCUT2D eigenvalue weighted by atomic mass is 16.5. The van der Waals surface area contributed by atoms with Crippen LogP contribution in [-0.4, -0.2) is 19.1 Å². The predicted octanol–water partition coefficient (Wildman–Crippen LogP) is 2.40. The minimum absolute atomic E-state index is 0.0349. The molecule has 0 saturated heterocycles. The van der Waals surface area contributed by atoms with Crippen molar-refractivity contribution in [3.05, 3.63) is 29.3 Å². The first-order valence-electron chi connectivity index (χ1n) is 5.56.